The first kappa shape index (κ1) is 20.8. The molecule has 0 radical (unpaired) electrons. The maximum absolute atomic E-state index is 15.3. The standard InChI is InChI=1S/C18H29F2N2O3P.CH4O/c1-11(2)22(12(3)4)26(23-8-7-21-6)25-18-10-17(20)9-14(17)16(18)24-13(5)15(18)19;1-2/h11-16H,7-10H2,1-5H3;2H,1H3/t13-,14+,15-,16+,17+,18-,26?;/m0./s1/i14D;2T. The molecule has 0 aromatic heterocycles. The van der Waals surface area contributed by atoms with Crippen LogP contribution in [0, 0.1) is 12.5 Å². The van der Waals surface area contributed by atoms with Gasteiger partial charge in [-0.1, -0.05) is 0 Å². The fraction of sp³-hybridized carbons (Fsp3) is 0.947. The minimum Gasteiger partial charge on any atom is -0.400 e. The summed E-state index contributed by atoms with van der Waals surface area (Å²) < 4.78 is 64.3. The molecule has 3 aliphatic rings. The Kier molecular flexibility index (Phi) is 6.81. The van der Waals surface area contributed by atoms with Gasteiger partial charge in [0.2, 0.25) is 7.98 Å². The van der Waals surface area contributed by atoms with Crippen LogP contribution in [0.2, 0.25) is 0 Å². The van der Waals surface area contributed by atoms with Crippen molar-refractivity contribution in [3.8, 4) is 0 Å². The molecule has 1 heterocycles. The number of aliphatic hydroxyl groups excluding tert-OH is 1. The molecule has 3 rings (SSSR count). The van der Waals surface area contributed by atoms with Crippen LogP contribution in [0.15, 0.2) is 0 Å². The lowest BCUT2D eigenvalue weighted by Crippen LogP contribution is -2.48. The average Bonchev–Trinajstić information content (AvgIpc) is 3.00. The molecule has 3 fully saturated rings. The molecule has 2 aliphatic carbocycles. The van der Waals surface area contributed by atoms with E-state index in [4.69, 9.17) is 23.2 Å². The second-order valence-corrected chi connectivity index (χ2v) is 9.41. The molecule has 0 aromatic rings. The minimum atomic E-state index is -1.76. The quantitative estimate of drug-likeness (QED) is 0.363. The normalized spacial score (nSPS) is 43.0. The van der Waals surface area contributed by atoms with Crippen LogP contribution >= 0.6 is 8.53 Å². The zero-order valence-corrected chi connectivity index (χ0v) is 18.3. The zero-order chi connectivity index (χ0) is 22.9. The van der Waals surface area contributed by atoms with E-state index in [0.717, 1.165) is 0 Å². The number of ether oxygens (including phenoxy) is 1. The van der Waals surface area contributed by atoms with Crippen LogP contribution in [0.3, 0.4) is 0 Å². The van der Waals surface area contributed by atoms with E-state index in [1.165, 1.54) is 7.11 Å². The number of rotatable bonds is 8. The highest BCUT2D eigenvalue weighted by molar-refractivity contribution is 7.44. The van der Waals surface area contributed by atoms with Gasteiger partial charge in [0.05, 0.1) is 12.2 Å². The molecule has 28 heavy (non-hydrogen) atoms. The zero-order valence-electron chi connectivity index (χ0n) is 19.4. The number of hydrogen-bond acceptors (Lipinski definition) is 5. The summed E-state index contributed by atoms with van der Waals surface area (Å²) in [7, 11) is -0.444. The summed E-state index contributed by atoms with van der Waals surface area (Å²) in [6, 6.07) is 0.105. The first-order chi connectivity index (χ1) is 13.9. The molecule has 7 atom stereocenters. The van der Waals surface area contributed by atoms with E-state index in [9.17, 15) is 0 Å². The van der Waals surface area contributed by atoms with Crippen LogP contribution in [-0.4, -0.2) is 73.2 Å². The molecule has 0 aromatic carbocycles. The Labute approximate surface area is 171 Å². The molecule has 1 unspecified atom stereocenters. The van der Waals surface area contributed by atoms with Crippen molar-refractivity contribution >= 4 is 8.53 Å². The van der Waals surface area contributed by atoms with E-state index in [1.54, 1.807) is 6.92 Å². The van der Waals surface area contributed by atoms with Gasteiger partial charge in [-0.05, 0) is 41.0 Å². The van der Waals surface area contributed by atoms with Crippen molar-refractivity contribution < 1.29 is 29.0 Å². The van der Waals surface area contributed by atoms with Gasteiger partial charge in [-0.25, -0.2) is 20.0 Å². The van der Waals surface area contributed by atoms with Gasteiger partial charge in [0, 0.05) is 32.9 Å². The number of fused-ring (bicyclic) bond motifs is 3. The van der Waals surface area contributed by atoms with Crippen molar-refractivity contribution in [2.24, 2.45) is 5.89 Å². The molecule has 2 saturated carbocycles. The van der Waals surface area contributed by atoms with Crippen LogP contribution < -0.4 is 0 Å². The van der Waals surface area contributed by atoms with Gasteiger partial charge in [-0.3, -0.25) is 0 Å². The van der Waals surface area contributed by atoms with Crippen molar-refractivity contribution in [2.45, 2.75) is 89.2 Å². The molecule has 0 bridgehead atoms. The first-order valence-corrected chi connectivity index (χ1v) is 10.8. The number of alkyl halides is 2. The molecule has 1 saturated heterocycles. The SMILES string of the molecule is [2H][C@]12C[C@@]1(F)C[C@]1(OP(OCC[N+]#[C-])N(C(C)C)C(C)C)[C@@H](F)[C@H](C)O[C@@H]12.[3H]OC. The van der Waals surface area contributed by atoms with E-state index < -0.39 is 44.1 Å². The van der Waals surface area contributed by atoms with Crippen LogP contribution in [0.5, 0.6) is 0 Å². The molecule has 0 amide bonds. The summed E-state index contributed by atoms with van der Waals surface area (Å²) in [6.45, 7) is 16.8. The molecular formula is C19H33F2N2O4P. The number of aliphatic hydroxyl groups is 1. The molecule has 1 N–H and O–H groups in total. The van der Waals surface area contributed by atoms with Gasteiger partial charge in [0.1, 0.15) is 17.9 Å². The molecule has 162 valence electrons. The van der Waals surface area contributed by atoms with Crippen molar-refractivity contribution in [3.63, 3.8) is 0 Å². The molecule has 9 heteroatoms. The summed E-state index contributed by atoms with van der Waals surface area (Å²) in [5.41, 5.74) is -3.28. The van der Waals surface area contributed by atoms with Gasteiger partial charge in [-0.15, -0.1) is 0 Å². The van der Waals surface area contributed by atoms with Gasteiger partial charge in [-0.2, -0.15) is 0 Å². The van der Waals surface area contributed by atoms with E-state index in [1.807, 2.05) is 32.4 Å². The third-order valence-corrected chi connectivity index (χ3v) is 7.57. The number of nitrogens with zero attached hydrogens (tertiary/aromatic N) is 2. The highest BCUT2D eigenvalue weighted by Crippen LogP contribution is 2.70. The number of hydrogen-bond donors (Lipinski definition) is 1. The second-order valence-electron chi connectivity index (χ2n) is 8.03. The van der Waals surface area contributed by atoms with E-state index in [2.05, 4.69) is 9.95 Å². The smallest absolute Gasteiger partial charge is 0.260 e. The van der Waals surface area contributed by atoms with Crippen molar-refractivity contribution in [3.05, 3.63) is 11.4 Å². The summed E-state index contributed by atoms with van der Waals surface area (Å²) in [4.78, 5) is 3.29. The second kappa shape index (κ2) is 9.16. The van der Waals surface area contributed by atoms with E-state index in [-0.39, 0.29) is 38.1 Å². The predicted molar refractivity (Wildman–Crippen MR) is 104 cm³/mol. The lowest BCUT2D eigenvalue weighted by molar-refractivity contribution is -0.0449. The fourth-order valence-corrected chi connectivity index (χ4v) is 6.09. The fourth-order valence-electron chi connectivity index (χ4n) is 4.26. The van der Waals surface area contributed by atoms with Crippen LogP contribution in [-0.2, 0) is 13.8 Å². The Morgan fingerprint density at radius 1 is 1.50 bits per heavy atom. The third kappa shape index (κ3) is 4.21. The Morgan fingerprint density at radius 2 is 2.11 bits per heavy atom. The minimum absolute atomic E-state index is 0.0527. The monoisotopic (exact) mass is 425 g/mol. The maximum atomic E-state index is 15.3. The van der Waals surface area contributed by atoms with Crippen LogP contribution in [0.1, 0.15) is 48.8 Å². The highest BCUT2D eigenvalue weighted by atomic mass is 31.2. The lowest BCUT2D eigenvalue weighted by atomic mass is 9.90. The Morgan fingerprint density at radius 3 is 2.64 bits per heavy atom. The largest absolute Gasteiger partial charge is 0.400 e. The Bertz CT molecular complexity index is 638. The lowest BCUT2D eigenvalue weighted by Gasteiger charge is -2.41. The molecule has 0 spiro atoms. The van der Waals surface area contributed by atoms with E-state index in [0.29, 0.717) is 0 Å². The summed E-state index contributed by atoms with van der Waals surface area (Å²) in [5, 5.41) is 3.50. The average molecular weight is 425 g/mol. The third-order valence-electron chi connectivity index (χ3n) is 5.37. The Hall–Kier alpha value is -0.420. The van der Waals surface area contributed by atoms with Crippen molar-refractivity contribution in [2.75, 3.05) is 20.3 Å². The number of halogens is 2. The first-order valence-electron chi connectivity index (χ1n) is 10.6. The Balaban J connectivity index is 0.00000101. The van der Waals surface area contributed by atoms with Gasteiger partial charge < -0.3 is 23.7 Å². The molecular weight excluding hydrogens is 389 g/mol. The van der Waals surface area contributed by atoms with Gasteiger partial charge in [0.25, 0.3) is 8.53 Å². The van der Waals surface area contributed by atoms with Gasteiger partial charge >= 0.3 is 0 Å². The van der Waals surface area contributed by atoms with E-state index >= 15 is 8.78 Å². The maximum Gasteiger partial charge on any atom is 0.260 e. The van der Waals surface area contributed by atoms with Crippen LogP contribution in [0.25, 0.3) is 4.85 Å². The van der Waals surface area contributed by atoms with Crippen molar-refractivity contribution in [1.82, 2.24) is 4.67 Å². The topological polar surface area (TPSA) is 55.5 Å². The summed E-state index contributed by atoms with van der Waals surface area (Å²) >= 11 is 0. The van der Waals surface area contributed by atoms with Crippen LogP contribution in [0.4, 0.5) is 8.78 Å². The summed E-state index contributed by atoms with van der Waals surface area (Å²) in [5.74, 6) is -1.44. The predicted octanol–water partition coefficient (Wildman–Crippen LogP) is 3.89. The molecule has 1 aliphatic heterocycles. The highest BCUT2D eigenvalue weighted by Gasteiger charge is 2.79. The summed E-state index contributed by atoms with van der Waals surface area (Å²) in [6.07, 6.45) is -3.36. The molecule has 6 nitrogen and oxygen atoms in total. The van der Waals surface area contributed by atoms with Crippen molar-refractivity contribution in [1.29, 1.82) is 1.43 Å². The van der Waals surface area contributed by atoms with Gasteiger partial charge in [0.15, 0.2) is 6.17 Å².